The van der Waals surface area contributed by atoms with Crippen molar-refractivity contribution in [3.8, 4) is 11.5 Å². The average Bonchev–Trinajstić information content (AvgIpc) is 2.87. The monoisotopic (exact) mass is 436 g/mol. The Morgan fingerprint density at radius 3 is 2.03 bits per heavy atom. The molecule has 0 saturated heterocycles. The van der Waals surface area contributed by atoms with E-state index in [4.69, 9.17) is 15.2 Å². The smallest absolute Gasteiger partial charge is 0.142 e. The van der Waals surface area contributed by atoms with Crippen LogP contribution in [0.15, 0.2) is 103 Å². The van der Waals surface area contributed by atoms with Crippen molar-refractivity contribution in [1.29, 1.82) is 0 Å². The first-order valence-corrected chi connectivity index (χ1v) is 11.2. The maximum Gasteiger partial charge on any atom is 0.142 e. The first-order valence-electron chi connectivity index (χ1n) is 11.2. The zero-order valence-electron chi connectivity index (χ0n) is 19.2. The molecule has 4 aromatic carbocycles. The standard InChI is InChI=1S/C30H30NO2/c1-22(26-15-18-30(29(31)20-26)33-21-24-11-7-4-8-12-24)28(19-23-9-5-3-6-10-23)25-13-16-27(32-2)17-14-25/h3-18,20,22H,19,21,31H2,1-2H3. The molecule has 1 radical (unpaired) electrons. The highest BCUT2D eigenvalue weighted by Gasteiger charge is 2.23. The third-order valence-corrected chi connectivity index (χ3v) is 5.99. The summed E-state index contributed by atoms with van der Waals surface area (Å²) in [6.45, 7) is 2.74. The highest BCUT2D eigenvalue weighted by Crippen LogP contribution is 2.37. The Kier molecular flexibility index (Phi) is 7.31. The summed E-state index contributed by atoms with van der Waals surface area (Å²) < 4.78 is 11.3. The van der Waals surface area contributed by atoms with Gasteiger partial charge < -0.3 is 15.2 Å². The maximum atomic E-state index is 6.40. The third kappa shape index (κ3) is 5.75. The van der Waals surface area contributed by atoms with Gasteiger partial charge in [0.15, 0.2) is 0 Å². The van der Waals surface area contributed by atoms with Crippen molar-refractivity contribution in [3.63, 3.8) is 0 Å². The maximum absolute atomic E-state index is 6.40. The first-order chi connectivity index (χ1) is 16.1. The van der Waals surface area contributed by atoms with Gasteiger partial charge in [0.2, 0.25) is 0 Å². The summed E-state index contributed by atoms with van der Waals surface area (Å²) in [5.74, 6) is 3.09. The summed E-state index contributed by atoms with van der Waals surface area (Å²) in [6, 6.07) is 35.1. The Morgan fingerprint density at radius 2 is 1.42 bits per heavy atom. The van der Waals surface area contributed by atoms with E-state index in [1.54, 1.807) is 7.11 Å². The Bertz CT molecular complexity index is 1140. The Hall–Kier alpha value is -3.72. The lowest BCUT2D eigenvalue weighted by atomic mass is 9.79. The van der Waals surface area contributed by atoms with E-state index in [1.165, 1.54) is 22.6 Å². The molecule has 0 bridgehead atoms. The molecule has 4 aromatic rings. The van der Waals surface area contributed by atoms with Crippen molar-refractivity contribution in [1.82, 2.24) is 0 Å². The molecule has 0 aromatic heterocycles. The van der Waals surface area contributed by atoms with Gasteiger partial charge in [0.25, 0.3) is 0 Å². The number of hydrogen-bond donors (Lipinski definition) is 1. The van der Waals surface area contributed by atoms with E-state index in [0.717, 1.165) is 17.7 Å². The molecule has 0 spiro atoms. The topological polar surface area (TPSA) is 44.5 Å². The number of ether oxygens (including phenoxy) is 2. The Labute approximate surface area is 196 Å². The highest BCUT2D eigenvalue weighted by atomic mass is 16.5. The minimum atomic E-state index is 0.184. The molecule has 3 nitrogen and oxygen atoms in total. The van der Waals surface area contributed by atoms with Crippen molar-refractivity contribution in [3.05, 3.63) is 131 Å². The summed E-state index contributed by atoms with van der Waals surface area (Å²) >= 11 is 0. The quantitative estimate of drug-likeness (QED) is 0.293. The molecule has 0 aliphatic carbocycles. The van der Waals surface area contributed by atoms with Crippen LogP contribution in [0.3, 0.4) is 0 Å². The molecule has 1 unspecified atom stereocenters. The molecule has 0 aliphatic rings. The van der Waals surface area contributed by atoms with Gasteiger partial charge in [-0.25, -0.2) is 0 Å². The fraction of sp³-hybridized carbons (Fsp3) is 0.167. The number of anilines is 1. The fourth-order valence-corrected chi connectivity index (χ4v) is 4.03. The van der Waals surface area contributed by atoms with Gasteiger partial charge in [0.05, 0.1) is 12.8 Å². The molecule has 4 rings (SSSR count). The van der Waals surface area contributed by atoms with Gasteiger partial charge in [-0.2, -0.15) is 0 Å². The molecule has 33 heavy (non-hydrogen) atoms. The number of methoxy groups -OCH3 is 1. The molecule has 2 N–H and O–H groups in total. The normalized spacial score (nSPS) is 11.8. The van der Waals surface area contributed by atoms with Crippen molar-refractivity contribution >= 4 is 5.69 Å². The molecule has 0 fully saturated rings. The van der Waals surface area contributed by atoms with Gasteiger partial charge in [0.1, 0.15) is 18.1 Å². The summed E-state index contributed by atoms with van der Waals surface area (Å²) in [5.41, 5.74) is 11.8. The van der Waals surface area contributed by atoms with Gasteiger partial charge in [-0.3, -0.25) is 0 Å². The van der Waals surface area contributed by atoms with Crippen LogP contribution in [-0.2, 0) is 13.0 Å². The Balaban J connectivity index is 1.56. The lowest BCUT2D eigenvalue weighted by Gasteiger charge is -2.25. The molecule has 3 heteroatoms. The van der Waals surface area contributed by atoms with E-state index in [0.29, 0.717) is 18.0 Å². The molecule has 0 saturated carbocycles. The lowest BCUT2D eigenvalue weighted by molar-refractivity contribution is 0.308. The lowest BCUT2D eigenvalue weighted by Crippen LogP contribution is -2.13. The second-order valence-corrected chi connectivity index (χ2v) is 8.21. The van der Waals surface area contributed by atoms with Crippen LogP contribution in [-0.4, -0.2) is 7.11 Å². The van der Waals surface area contributed by atoms with Crippen molar-refractivity contribution in [2.45, 2.75) is 25.9 Å². The van der Waals surface area contributed by atoms with Gasteiger partial charge in [-0.1, -0.05) is 85.8 Å². The summed E-state index contributed by atoms with van der Waals surface area (Å²) in [5, 5.41) is 0. The Morgan fingerprint density at radius 1 is 0.788 bits per heavy atom. The van der Waals surface area contributed by atoms with Crippen LogP contribution in [0.25, 0.3) is 0 Å². The summed E-state index contributed by atoms with van der Waals surface area (Å²) in [7, 11) is 1.69. The average molecular weight is 437 g/mol. The van der Waals surface area contributed by atoms with Crippen LogP contribution in [0.2, 0.25) is 0 Å². The second-order valence-electron chi connectivity index (χ2n) is 8.21. The molecule has 0 heterocycles. The zero-order chi connectivity index (χ0) is 23.0. The predicted octanol–water partition coefficient (Wildman–Crippen LogP) is 6.83. The van der Waals surface area contributed by atoms with Gasteiger partial charge in [0, 0.05) is 5.92 Å². The third-order valence-electron chi connectivity index (χ3n) is 5.99. The molecule has 0 amide bonds. The van der Waals surface area contributed by atoms with E-state index >= 15 is 0 Å². The van der Waals surface area contributed by atoms with E-state index in [9.17, 15) is 0 Å². The number of rotatable bonds is 9. The number of hydrogen-bond acceptors (Lipinski definition) is 3. The summed E-state index contributed by atoms with van der Waals surface area (Å²) in [4.78, 5) is 0. The van der Waals surface area contributed by atoms with Gasteiger partial charge in [-0.15, -0.1) is 0 Å². The van der Waals surface area contributed by atoms with Crippen molar-refractivity contribution < 1.29 is 9.47 Å². The van der Waals surface area contributed by atoms with Crippen molar-refractivity contribution in [2.24, 2.45) is 0 Å². The van der Waals surface area contributed by atoms with E-state index in [2.05, 4.69) is 55.5 Å². The minimum Gasteiger partial charge on any atom is -0.497 e. The largest absolute Gasteiger partial charge is 0.497 e. The molecule has 167 valence electrons. The minimum absolute atomic E-state index is 0.184. The molecular weight excluding hydrogens is 406 g/mol. The number of benzene rings is 4. The van der Waals surface area contributed by atoms with Crippen LogP contribution in [0.1, 0.15) is 35.1 Å². The van der Waals surface area contributed by atoms with Crippen LogP contribution in [0.4, 0.5) is 5.69 Å². The SMILES string of the molecule is COc1ccc([C](Cc2ccccc2)C(C)c2ccc(OCc3ccccc3)c(N)c2)cc1. The summed E-state index contributed by atoms with van der Waals surface area (Å²) in [6.07, 6.45) is 0.862. The van der Waals surface area contributed by atoms with Crippen molar-refractivity contribution in [2.75, 3.05) is 12.8 Å². The highest BCUT2D eigenvalue weighted by molar-refractivity contribution is 5.56. The predicted molar refractivity (Wildman–Crippen MR) is 136 cm³/mol. The van der Waals surface area contributed by atoms with Gasteiger partial charge >= 0.3 is 0 Å². The van der Waals surface area contributed by atoms with E-state index in [-0.39, 0.29) is 5.92 Å². The van der Waals surface area contributed by atoms with Gasteiger partial charge in [-0.05, 0) is 58.9 Å². The zero-order valence-corrected chi connectivity index (χ0v) is 19.2. The molecular formula is C30H30NO2. The van der Waals surface area contributed by atoms with E-state index < -0.39 is 0 Å². The van der Waals surface area contributed by atoms with Crippen LogP contribution in [0, 0.1) is 5.92 Å². The number of nitrogens with two attached hydrogens (primary N) is 1. The van der Waals surface area contributed by atoms with Crippen LogP contribution < -0.4 is 15.2 Å². The van der Waals surface area contributed by atoms with Crippen LogP contribution >= 0.6 is 0 Å². The number of nitrogen functional groups attached to an aromatic ring is 1. The second kappa shape index (κ2) is 10.7. The fourth-order valence-electron chi connectivity index (χ4n) is 4.03. The van der Waals surface area contributed by atoms with E-state index in [1.807, 2.05) is 54.6 Å². The molecule has 0 aliphatic heterocycles. The van der Waals surface area contributed by atoms with Crippen LogP contribution in [0.5, 0.6) is 11.5 Å². The first kappa shape index (κ1) is 22.5. The molecule has 1 atom stereocenters.